The third-order valence-electron chi connectivity index (χ3n) is 1.96. The smallest absolute Gasteiger partial charge is 0.321 e. The lowest BCUT2D eigenvalue weighted by Crippen LogP contribution is -2.45. The molecule has 0 aromatic heterocycles. The van der Waals surface area contributed by atoms with Gasteiger partial charge in [-0.1, -0.05) is 13.8 Å². The van der Waals surface area contributed by atoms with Crippen LogP contribution in [-0.2, 0) is 24.7 Å². The van der Waals surface area contributed by atoms with E-state index in [0.29, 0.717) is 0 Å². The largest absolute Gasteiger partial charge is 0.480 e. The van der Waals surface area contributed by atoms with Crippen LogP contribution >= 0.6 is 0 Å². The molecule has 0 heterocycles. The molecule has 0 radical (unpaired) electrons. The maximum absolute atomic E-state index is 11.5. The molecule has 9 heteroatoms. The third kappa shape index (κ3) is 7.29. The van der Waals surface area contributed by atoms with Crippen molar-refractivity contribution in [3.63, 3.8) is 0 Å². The minimum Gasteiger partial charge on any atom is -0.480 e. The summed E-state index contributed by atoms with van der Waals surface area (Å²) in [6, 6.07) is -1.25. The molecule has 0 saturated carbocycles. The van der Waals surface area contributed by atoms with Crippen LogP contribution in [0.2, 0.25) is 0 Å². The lowest BCUT2D eigenvalue weighted by atomic mass is 10.1. The van der Waals surface area contributed by atoms with E-state index in [1.165, 1.54) is 0 Å². The molecule has 102 valence electrons. The first-order valence-electron chi connectivity index (χ1n) is 4.85. The van der Waals surface area contributed by atoms with Gasteiger partial charge >= 0.3 is 5.97 Å². The molecular weight excluding hydrogens is 270 g/mol. The number of aliphatic carboxylic acids is 1. The monoisotopic (exact) mass is 287 g/mol. The fourth-order valence-corrected chi connectivity index (χ4v) is 3.95. The Morgan fingerprint density at radius 1 is 1.18 bits per heavy atom. The predicted molar refractivity (Wildman–Crippen MR) is 62.9 cm³/mol. The van der Waals surface area contributed by atoms with E-state index in [2.05, 4.69) is 0 Å². The molecule has 1 atom stereocenters. The van der Waals surface area contributed by atoms with Crippen molar-refractivity contribution in [1.29, 1.82) is 0 Å². The van der Waals surface area contributed by atoms with E-state index < -0.39 is 49.3 Å². The van der Waals surface area contributed by atoms with Gasteiger partial charge in [-0.25, -0.2) is 21.6 Å². The van der Waals surface area contributed by atoms with Crippen molar-refractivity contribution >= 4 is 25.8 Å². The Morgan fingerprint density at radius 3 is 1.94 bits per heavy atom. The van der Waals surface area contributed by atoms with Crippen LogP contribution in [0.4, 0.5) is 0 Å². The Morgan fingerprint density at radius 2 is 1.65 bits per heavy atom. The van der Waals surface area contributed by atoms with Crippen molar-refractivity contribution < 1.29 is 26.7 Å². The number of sulfonamides is 1. The van der Waals surface area contributed by atoms with E-state index in [0.717, 1.165) is 6.26 Å². The SMILES string of the molecule is CC(C)C(NS(=O)(=O)CCS(C)(=O)=O)C(=O)O. The highest BCUT2D eigenvalue weighted by atomic mass is 32.2. The Balaban J connectivity index is 4.69. The zero-order valence-corrected chi connectivity index (χ0v) is 11.5. The van der Waals surface area contributed by atoms with Gasteiger partial charge in [0.25, 0.3) is 0 Å². The van der Waals surface area contributed by atoms with Gasteiger partial charge in [0.1, 0.15) is 15.9 Å². The summed E-state index contributed by atoms with van der Waals surface area (Å²) in [6.07, 6.45) is 0.916. The zero-order chi connectivity index (χ0) is 13.9. The lowest BCUT2D eigenvalue weighted by Gasteiger charge is -2.17. The highest BCUT2D eigenvalue weighted by Gasteiger charge is 2.27. The topological polar surface area (TPSA) is 118 Å². The summed E-state index contributed by atoms with van der Waals surface area (Å²) in [6.45, 7) is 3.11. The predicted octanol–water partition coefficient (Wildman–Crippen LogP) is -0.940. The van der Waals surface area contributed by atoms with Crippen LogP contribution in [-0.4, -0.2) is 51.7 Å². The number of hydrogen-bond acceptors (Lipinski definition) is 5. The minimum absolute atomic E-state index is 0.430. The van der Waals surface area contributed by atoms with E-state index in [-0.39, 0.29) is 0 Å². The van der Waals surface area contributed by atoms with Gasteiger partial charge in [-0.3, -0.25) is 4.79 Å². The Hall–Kier alpha value is -0.670. The molecule has 0 aromatic carbocycles. The molecule has 0 aliphatic rings. The summed E-state index contributed by atoms with van der Waals surface area (Å²) in [5, 5.41) is 8.79. The molecule has 1 unspecified atom stereocenters. The van der Waals surface area contributed by atoms with Gasteiger partial charge in [-0.05, 0) is 5.92 Å². The van der Waals surface area contributed by atoms with Gasteiger partial charge in [0.05, 0.1) is 11.5 Å². The van der Waals surface area contributed by atoms with Crippen molar-refractivity contribution in [3.05, 3.63) is 0 Å². The highest BCUT2D eigenvalue weighted by Crippen LogP contribution is 2.04. The number of nitrogens with one attached hydrogen (secondary N) is 1. The fourth-order valence-electron chi connectivity index (χ4n) is 0.985. The van der Waals surface area contributed by atoms with Crippen LogP contribution < -0.4 is 4.72 Å². The normalized spacial score (nSPS) is 14.8. The summed E-state index contributed by atoms with van der Waals surface area (Å²) in [5.41, 5.74) is 0. The number of hydrogen-bond donors (Lipinski definition) is 2. The molecule has 0 saturated heterocycles. The molecule has 0 fully saturated rings. The van der Waals surface area contributed by atoms with Crippen molar-refractivity contribution in [3.8, 4) is 0 Å². The third-order valence-corrected chi connectivity index (χ3v) is 4.52. The molecule has 7 nitrogen and oxygen atoms in total. The Labute approximate surface area is 101 Å². The minimum atomic E-state index is -3.91. The second-order valence-electron chi connectivity index (χ2n) is 4.13. The lowest BCUT2D eigenvalue weighted by molar-refractivity contribution is -0.140. The van der Waals surface area contributed by atoms with Gasteiger partial charge in [0, 0.05) is 6.26 Å². The molecule has 0 amide bonds. The van der Waals surface area contributed by atoms with Crippen LogP contribution in [0.5, 0.6) is 0 Å². The van der Waals surface area contributed by atoms with E-state index in [1.54, 1.807) is 13.8 Å². The molecule has 17 heavy (non-hydrogen) atoms. The van der Waals surface area contributed by atoms with Gasteiger partial charge in [-0.2, -0.15) is 0 Å². The molecule has 0 bridgehead atoms. The summed E-state index contributed by atoms with van der Waals surface area (Å²) in [4.78, 5) is 10.8. The second kappa shape index (κ2) is 5.78. The van der Waals surface area contributed by atoms with E-state index in [9.17, 15) is 21.6 Å². The van der Waals surface area contributed by atoms with Crippen molar-refractivity contribution in [2.75, 3.05) is 17.8 Å². The number of carboxylic acid groups (broad SMARTS) is 1. The quantitative estimate of drug-likeness (QED) is 0.624. The van der Waals surface area contributed by atoms with Gasteiger partial charge in [0.2, 0.25) is 10.0 Å². The first-order chi connectivity index (χ1) is 7.44. The van der Waals surface area contributed by atoms with Crippen molar-refractivity contribution in [2.24, 2.45) is 5.92 Å². The van der Waals surface area contributed by atoms with Gasteiger partial charge in [0.15, 0.2) is 0 Å². The standard InChI is InChI=1S/C8H17NO6S2/c1-6(2)7(8(10)11)9-17(14,15)5-4-16(3,12)13/h6-7,9H,4-5H2,1-3H3,(H,10,11). The first kappa shape index (κ1) is 16.3. The van der Waals surface area contributed by atoms with Gasteiger partial charge < -0.3 is 5.11 Å². The van der Waals surface area contributed by atoms with Crippen molar-refractivity contribution in [2.45, 2.75) is 19.9 Å². The molecule has 0 rings (SSSR count). The summed E-state index contributed by atoms with van der Waals surface area (Å²) < 4.78 is 46.5. The molecule has 0 aliphatic heterocycles. The van der Waals surface area contributed by atoms with E-state index >= 15 is 0 Å². The Kier molecular flexibility index (Phi) is 5.56. The molecule has 0 aliphatic carbocycles. The summed E-state index contributed by atoms with van der Waals surface area (Å²) in [5.74, 6) is -2.89. The van der Waals surface area contributed by atoms with E-state index in [4.69, 9.17) is 5.11 Å². The molecule has 0 spiro atoms. The van der Waals surface area contributed by atoms with Crippen LogP contribution in [0.25, 0.3) is 0 Å². The van der Waals surface area contributed by atoms with E-state index in [1.807, 2.05) is 4.72 Å². The second-order valence-corrected chi connectivity index (χ2v) is 8.26. The average molecular weight is 287 g/mol. The number of rotatable bonds is 7. The Bertz CT molecular complexity index is 464. The fraction of sp³-hybridized carbons (Fsp3) is 0.875. The highest BCUT2D eigenvalue weighted by molar-refractivity contribution is 7.93. The maximum Gasteiger partial charge on any atom is 0.321 e. The average Bonchev–Trinajstić information content (AvgIpc) is 2.09. The number of carbonyl (C=O) groups is 1. The van der Waals surface area contributed by atoms with Crippen LogP contribution in [0.1, 0.15) is 13.8 Å². The zero-order valence-electron chi connectivity index (χ0n) is 9.87. The molecule has 0 aromatic rings. The number of sulfone groups is 1. The van der Waals surface area contributed by atoms with Crippen LogP contribution in [0.15, 0.2) is 0 Å². The van der Waals surface area contributed by atoms with Crippen LogP contribution in [0, 0.1) is 5.92 Å². The van der Waals surface area contributed by atoms with Crippen molar-refractivity contribution in [1.82, 2.24) is 4.72 Å². The number of carboxylic acids is 1. The molecule has 2 N–H and O–H groups in total. The van der Waals surface area contributed by atoms with Gasteiger partial charge in [-0.15, -0.1) is 0 Å². The first-order valence-corrected chi connectivity index (χ1v) is 8.56. The molecular formula is C8H17NO6S2. The summed E-state index contributed by atoms with van der Waals surface area (Å²) >= 11 is 0. The maximum atomic E-state index is 11.5. The summed E-state index contributed by atoms with van der Waals surface area (Å²) in [7, 11) is -7.31. The van der Waals surface area contributed by atoms with Crippen LogP contribution in [0.3, 0.4) is 0 Å².